The number of hydrogen-bond acceptors (Lipinski definition) is 10. The number of aliphatic hydroxyl groups excluding tert-OH is 2. The van der Waals surface area contributed by atoms with Gasteiger partial charge in [-0.1, -0.05) is 0 Å². The van der Waals surface area contributed by atoms with Crippen LogP contribution in [-0.2, 0) is 24.6 Å². The van der Waals surface area contributed by atoms with Gasteiger partial charge in [-0.05, 0) is 32.9 Å². The normalized spacial score (nSPS) is 27.1. The van der Waals surface area contributed by atoms with Crippen LogP contribution >= 0.6 is 0 Å². The van der Waals surface area contributed by atoms with E-state index in [1.165, 1.54) is 16.9 Å². The first-order chi connectivity index (χ1) is 13.6. The molecule has 0 saturated carbocycles. The van der Waals surface area contributed by atoms with E-state index in [0.717, 1.165) is 0 Å². The van der Waals surface area contributed by atoms with Gasteiger partial charge in [-0.15, -0.1) is 0 Å². The van der Waals surface area contributed by atoms with Gasteiger partial charge in [0.05, 0.1) is 17.7 Å². The fraction of sp³-hybridized carbons (Fsp3) is 0.556. The number of nitriles is 1. The van der Waals surface area contributed by atoms with Crippen molar-refractivity contribution >= 4 is 17.3 Å². The lowest BCUT2D eigenvalue weighted by Crippen LogP contribution is -2.41. The third-order valence-electron chi connectivity index (χ3n) is 4.65. The minimum atomic E-state index is -1.90. The largest absolute Gasteiger partial charge is 0.438 e. The zero-order chi connectivity index (χ0) is 21.4. The summed E-state index contributed by atoms with van der Waals surface area (Å²) in [6.45, 7) is 4.55. The Hall–Kier alpha value is -2.78. The number of rotatable bonds is 5. The molecule has 1 saturated heterocycles. The first-order valence-electron chi connectivity index (χ1n) is 8.90. The molecule has 0 bridgehead atoms. The molecule has 156 valence electrons. The van der Waals surface area contributed by atoms with E-state index in [0.29, 0.717) is 5.52 Å². The number of hydrogen-bond donors (Lipinski definition) is 3. The Bertz CT molecular complexity index is 948. The van der Waals surface area contributed by atoms with Crippen molar-refractivity contribution in [3.8, 4) is 6.07 Å². The van der Waals surface area contributed by atoms with Gasteiger partial charge >= 0.3 is 5.97 Å². The number of ether oxygens (including phenoxy) is 3. The molecule has 1 aliphatic rings. The maximum atomic E-state index is 11.7. The van der Waals surface area contributed by atoms with Crippen molar-refractivity contribution in [2.45, 2.75) is 44.7 Å². The number of carbonyl (C=O) groups is 1. The summed E-state index contributed by atoms with van der Waals surface area (Å²) in [5, 5.41) is 34.9. The van der Waals surface area contributed by atoms with Gasteiger partial charge in [0, 0.05) is 0 Å². The fourth-order valence-electron chi connectivity index (χ4n) is 3.03. The molecule has 1 fully saturated rings. The van der Waals surface area contributed by atoms with Gasteiger partial charge in [0.2, 0.25) is 5.60 Å². The molecule has 29 heavy (non-hydrogen) atoms. The highest BCUT2D eigenvalue weighted by molar-refractivity contribution is 5.75. The van der Waals surface area contributed by atoms with E-state index >= 15 is 0 Å². The van der Waals surface area contributed by atoms with E-state index in [9.17, 15) is 20.3 Å². The minimum Gasteiger partial charge on any atom is -0.438 e. The Labute approximate surface area is 166 Å². The summed E-state index contributed by atoms with van der Waals surface area (Å²) in [5.41, 5.74) is 3.85. The van der Waals surface area contributed by atoms with Crippen LogP contribution in [0.15, 0.2) is 18.5 Å². The fourth-order valence-corrected chi connectivity index (χ4v) is 3.03. The molecule has 2 aromatic heterocycles. The van der Waals surface area contributed by atoms with E-state index in [2.05, 4.69) is 10.1 Å². The molecule has 0 aromatic carbocycles. The van der Waals surface area contributed by atoms with Crippen molar-refractivity contribution in [1.29, 1.82) is 5.26 Å². The van der Waals surface area contributed by atoms with Gasteiger partial charge in [0.15, 0.2) is 12.6 Å². The lowest BCUT2D eigenvalue weighted by atomic mass is 9.92. The molecule has 2 aromatic rings. The third-order valence-corrected chi connectivity index (χ3v) is 4.65. The van der Waals surface area contributed by atoms with E-state index in [1.807, 2.05) is 6.07 Å². The standard InChI is InChI=1S/C18H23N5O6/c1-17(2,3)16(26)28-9-27-6-11-13(24)14(25)18(7-19,29-11)12-5-4-10-15(20)21-8-22-23(10)12/h4-5,8,11,13-14,24-25H,6,9H2,1-3H3,(H2,20,21,22)/t11-,13-,14-,18+/m1/s1. The summed E-state index contributed by atoms with van der Waals surface area (Å²) < 4.78 is 17.3. The summed E-state index contributed by atoms with van der Waals surface area (Å²) in [6.07, 6.45) is -2.83. The maximum Gasteiger partial charge on any atom is 0.313 e. The number of aromatic nitrogens is 3. The number of fused-ring (bicyclic) bond motifs is 1. The first-order valence-corrected chi connectivity index (χ1v) is 8.90. The number of esters is 1. The van der Waals surface area contributed by atoms with Crippen LogP contribution in [0.1, 0.15) is 26.5 Å². The van der Waals surface area contributed by atoms with Crippen molar-refractivity contribution in [3.05, 3.63) is 24.2 Å². The second kappa shape index (κ2) is 7.57. The molecule has 3 heterocycles. The number of aliphatic hydroxyl groups is 2. The van der Waals surface area contributed by atoms with Crippen LogP contribution in [0.25, 0.3) is 5.52 Å². The Morgan fingerprint density at radius 1 is 1.45 bits per heavy atom. The summed E-state index contributed by atoms with van der Waals surface area (Å²) in [4.78, 5) is 15.6. The molecule has 11 nitrogen and oxygen atoms in total. The monoisotopic (exact) mass is 405 g/mol. The number of nitrogens with zero attached hydrogens (tertiary/aromatic N) is 4. The van der Waals surface area contributed by atoms with Gasteiger partial charge in [-0.25, -0.2) is 9.50 Å². The number of nitrogens with two attached hydrogens (primary N) is 1. The van der Waals surface area contributed by atoms with E-state index in [4.69, 9.17) is 19.9 Å². The summed E-state index contributed by atoms with van der Waals surface area (Å²) in [6, 6.07) is 5.04. The van der Waals surface area contributed by atoms with Gasteiger partial charge in [-0.3, -0.25) is 4.79 Å². The molecule has 0 aliphatic carbocycles. The number of carbonyl (C=O) groups excluding carboxylic acids is 1. The predicted molar refractivity (Wildman–Crippen MR) is 97.9 cm³/mol. The smallest absolute Gasteiger partial charge is 0.313 e. The summed E-state index contributed by atoms with van der Waals surface area (Å²) in [7, 11) is 0. The van der Waals surface area contributed by atoms with Crippen LogP contribution in [0.3, 0.4) is 0 Å². The molecule has 0 radical (unpaired) electrons. The quantitative estimate of drug-likeness (QED) is 0.342. The van der Waals surface area contributed by atoms with Crippen molar-refractivity contribution < 1.29 is 29.2 Å². The summed E-state index contributed by atoms with van der Waals surface area (Å²) >= 11 is 0. The lowest BCUT2D eigenvalue weighted by molar-refractivity contribution is -0.170. The Balaban J connectivity index is 1.76. The van der Waals surface area contributed by atoms with Gasteiger partial charge in [0.1, 0.15) is 36.2 Å². The Morgan fingerprint density at radius 2 is 2.17 bits per heavy atom. The highest BCUT2D eigenvalue weighted by Gasteiger charge is 2.57. The Kier molecular flexibility index (Phi) is 5.46. The molecule has 0 amide bonds. The molecular formula is C18H23N5O6. The van der Waals surface area contributed by atoms with Crippen molar-refractivity contribution in [1.82, 2.24) is 14.6 Å². The van der Waals surface area contributed by atoms with E-state index in [-0.39, 0.29) is 24.9 Å². The van der Waals surface area contributed by atoms with Gasteiger partial charge < -0.3 is 30.2 Å². The van der Waals surface area contributed by atoms with Gasteiger partial charge in [0.25, 0.3) is 0 Å². The maximum absolute atomic E-state index is 11.7. The zero-order valence-electron chi connectivity index (χ0n) is 16.3. The van der Waals surface area contributed by atoms with Crippen LogP contribution < -0.4 is 5.73 Å². The van der Waals surface area contributed by atoms with Crippen LogP contribution in [0.4, 0.5) is 5.82 Å². The Morgan fingerprint density at radius 3 is 2.83 bits per heavy atom. The molecular weight excluding hydrogens is 382 g/mol. The topological polar surface area (TPSA) is 165 Å². The van der Waals surface area contributed by atoms with E-state index in [1.54, 1.807) is 26.8 Å². The van der Waals surface area contributed by atoms with Crippen LogP contribution in [0.5, 0.6) is 0 Å². The summed E-state index contributed by atoms with van der Waals surface area (Å²) in [5.74, 6) is -0.262. The molecule has 11 heteroatoms. The molecule has 1 aliphatic heterocycles. The molecule has 4 atom stereocenters. The second-order valence-corrected chi connectivity index (χ2v) is 7.77. The molecule has 4 N–H and O–H groups in total. The number of nitrogen functional groups attached to an aromatic ring is 1. The average Bonchev–Trinajstić information content (AvgIpc) is 3.20. The van der Waals surface area contributed by atoms with Crippen molar-refractivity contribution in [2.24, 2.45) is 5.41 Å². The highest BCUT2D eigenvalue weighted by atomic mass is 16.7. The SMILES string of the molecule is CC(C)(C)C(=O)OCOC[C@H]1O[C@@](C#N)(c2ccc3c(N)ncnn23)[C@H](O)[C@@H]1O. The van der Waals surface area contributed by atoms with Gasteiger partial charge in [-0.2, -0.15) is 10.4 Å². The minimum absolute atomic E-state index is 0.188. The van der Waals surface area contributed by atoms with Crippen LogP contribution in [-0.4, -0.2) is 62.5 Å². The molecule has 0 spiro atoms. The van der Waals surface area contributed by atoms with Crippen LogP contribution in [0.2, 0.25) is 0 Å². The van der Waals surface area contributed by atoms with Crippen LogP contribution in [0, 0.1) is 16.7 Å². The number of anilines is 1. The third kappa shape index (κ3) is 3.63. The molecule has 0 unspecified atom stereocenters. The average molecular weight is 405 g/mol. The molecule has 3 rings (SSSR count). The zero-order valence-corrected chi connectivity index (χ0v) is 16.3. The van der Waals surface area contributed by atoms with Crippen molar-refractivity contribution in [2.75, 3.05) is 19.1 Å². The predicted octanol–water partition coefficient (Wildman–Crippen LogP) is -0.286. The second-order valence-electron chi connectivity index (χ2n) is 7.77. The van der Waals surface area contributed by atoms with Crippen molar-refractivity contribution in [3.63, 3.8) is 0 Å². The van der Waals surface area contributed by atoms with E-state index < -0.39 is 35.3 Å². The first kappa shape index (κ1) is 20.9. The lowest BCUT2D eigenvalue weighted by Gasteiger charge is -2.24. The highest BCUT2D eigenvalue weighted by Crippen LogP contribution is 2.40.